The molecule has 0 radical (unpaired) electrons. The van der Waals surface area contributed by atoms with E-state index in [1.807, 2.05) is 13.1 Å². The van der Waals surface area contributed by atoms with E-state index in [1.165, 1.54) is 5.56 Å². The first-order valence-corrected chi connectivity index (χ1v) is 7.67. The van der Waals surface area contributed by atoms with Crippen molar-refractivity contribution in [2.24, 2.45) is 5.41 Å². The Bertz CT molecular complexity index is 459. The first-order chi connectivity index (χ1) is 9.41. The van der Waals surface area contributed by atoms with Crippen LogP contribution in [-0.2, 0) is 6.42 Å². The molecule has 0 aromatic carbocycles. The van der Waals surface area contributed by atoms with Gasteiger partial charge in [-0.15, -0.1) is 0 Å². The molecule has 0 spiro atoms. The molecule has 2 rings (SSSR count). The van der Waals surface area contributed by atoms with Gasteiger partial charge in [-0.2, -0.15) is 0 Å². The molecule has 1 atom stereocenters. The minimum Gasteiger partial charge on any atom is -0.393 e. The molecule has 0 amide bonds. The van der Waals surface area contributed by atoms with Crippen LogP contribution in [0, 0.1) is 12.3 Å². The molecule has 20 heavy (non-hydrogen) atoms. The summed E-state index contributed by atoms with van der Waals surface area (Å²) >= 11 is 0. The predicted molar refractivity (Wildman–Crippen MR) is 82.0 cm³/mol. The van der Waals surface area contributed by atoms with Gasteiger partial charge in [0.15, 0.2) is 0 Å². The van der Waals surface area contributed by atoms with E-state index in [0.29, 0.717) is 0 Å². The molecule has 0 saturated carbocycles. The van der Waals surface area contributed by atoms with E-state index in [1.54, 1.807) is 0 Å². The fourth-order valence-electron chi connectivity index (χ4n) is 3.09. The second-order valence-corrected chi connectivity index (χ2v) is 6.75. The summed E-state index contributed by atoms with van der Waals surface area (Å²) in [6.45, 7) is 10.4. The summed E-state index contributed by atoms with van der Waals surface area (Å²) in [6, 6.07) is 0. The minimum atomic E-state index is -0.201. The number of aliphatic hydroxyl groups excluding tert-OH is 1. The fraction of sp³-hybridized carbons (Fsp3) is 0.750. The average molecular weight is 277 g/mol. The average Bonchev–Trinajstić information content (AvgIpc) is 2.49. The zero-order valence-corrected chi connectivity index (χ0v) is 13.2. The molecule has 1 aromatic heterocycles. The van der Waals surface area contributed by atoms with Crippen LogP contribution in [0.2, 0.25) is 0 Å². The van der Waals surface area contributed by atoms with Gasteiger partial charge in [0.05, 0.1) is 6.10 Å². The quantitative estimate of drug-likeness (QED) is 0.923. The van der Waals surface area contributed by atoms with Crippen molar-refractivity contribution in [3.05, 3.63) is 17.6 Å². The highest BCUT2D eigenvalue weighted by molar-refractivity contribution is 5.46. The molecule has 0 bridgehead atoms. The highest BCUT2D eigenvalue weighted by Gasteiger charge is 2.30. The molecule has 4 nitrogen and oxygen atoms in total. The molecule has 0 aliphatic carbocycles. The summed E-state index contributed by atoms with van der Waals surface area (Å²) in [5.41, 5.74) is 1.34. The minimum absolute atomic E-state index is 0.109. The maximum absolute atomic E-state index is 10.1. The summed E-state index contributed by atoms with van der Waals surface area (Å²) in [5, 5.41) is 10.1. The normalized spacial score (nSPS) is 22.6. The molecule has 4 heteroatoms. The third-order valence-electron chi connectivity index (χ3n) is 3.92. The molecule has 1 aliphatic heterocycles. The molecule has 1 aliphatic rings. The maximum atomic E-state index is 10.1. The molecule has 1 aromatic rings. The smallest absolute Gasteiger partial charge is 0.135 e. The first-order valence-electron chi connectivity index (χ1n) is 7.67. The maximum Gasteiger partial charge on any atom is 0.135 e. The van der Waals surface area contributed by atoms with Gasteiger partial charge in [-0.05, 0) is 31.6 Å². The standard InChI is InChI=1S/C16H27N3O/c1-5-6-13-10-17-12(2)18-15(13)19-8-7-14(20)9-16(3,4)11-19/h10,14,20H,5-9,11H2,1-4H3. The monoisotopic (exact) mass is 277 g/mol. The van der Waals surface area contributed by atoms with Crippen LogP contribution in [0.25, 0.3) is 0 Å². The van der Waals surface area contributed by atoms with Gasteiger partial charge in [-0.25, -0.2) is 9.97 Å². The number of rotatable bonds is 3. The van der Waals surface area contributed by atoms with Gasteiger partial charge in [-0.1, -0.05) is 27.2 Å². The van der Waals surface area contributed by atoms with Crippen molar-refractivity contribution in [2.75, 3.05) is 18.0 Å². The zero-order valence-electron chi connectivity index (χ0n) is 13.2. The first kappa shape index (κ1) is 15.2. The van der Waals surface area contributed by atoms with Crippen LogP contribution >= 0.6 is 0 Å². The third kappa shape index (κ3) is 3.69. The van der Waals surface area contributed by atoms with E-state index in [4.69, 9.17) is 0 Å². The summed E-state index contributed by atoms with van der Waals surface area (Å²) in [4.78, 5) is 11.4. The third-order valence-corrected chi connectivity index (χ3v) is 3.92. The van der Waals surface area contributed by atoms with Gasteiger partial charge >= 0.3 is 0 Å². The van der Waals surface area contributed by atoms with Crippen LogP contribution in [0.15, 0.2) is 6.20 Å². The molecule has 112 valence electrons. The Kier molecular flexibility index (Phi) is 4.63. The lowest BCUT2D eigenvalue weighted by Gasteiger charge is -2.31. The van der Waals surface area contributed by atoms with Crippen molar-refractivity contribution in [3.63, 3.8) is 0 Å². The van der Waals surface area contributed by atoms with Gasteiger partial charge in [0.25, 0.3) is 0 Å². The van der Waals surface area contributed by atoms with Crippen LogP contribution in [0.4, 0.5) is 5.82 Å². The van der Waals surface area contributed by atoms with Gasteiger partial charge in [0.1, 0.15) is 11.6 Å². The van der Waals surface area contributed by atoms with Gasteiger partial charge in [0, 0.05) is 24.8 Å². The van der Waals surface area contributed by atoms with E-state index in [9.17, 15) is 5.11 Å². The van der Waals surface area contributed by atoms with Gasteiger partial charge in [-0.3, -0.25) is 0 Å². The van der Waals surface area contributed by atoms with Crippen molar-refractivity contribution < 1.29 is 5.11 Å². The van der Waals surface area contributed by atoms with Crippen molar-refractivity contribution in [1.29, 1.82) is 0 Å². The number of nitrogens with zero attached hydrogens (tertiary/aromatic N) is 3. The largest absolute Gasteiger partial charge is 0.393 e. The Morgan fingerprint density at radius 2 is 2.20 bits per heavy atom. The Labute approximate surface area is 122 Å². The lowest BCUT2D eigenvalue weighted by Crippen LogP contribution is -2.34. The number of aliphatic hydroxyl groups is 1. The summed E-state index contributed by atoms with van der Waals surface area (Å²) in [7, 11) is 0. The topological polar surface area (TPSA) is 49.2 Å². The molecule has 1 fully saturated rings. The number of hydrogen-bond acceptors (Lipinski definition) is 4. The zero-order chi connectivity index (χ0) is 14.8. The summed E-state index contributed by atoms with van der Waals surface area (Å²) in [5.74, 6) is 1.89. The van der Waals surface area contributed by atoms with E-state index in [0.717, 1.165) is 50.4 Å². The molecule has 1 saturated heterocycles. The van der Waals surface area contributed by atoms with E-state index in [-0.39, 0.29) is 11.5 Å². The van der Waals surface area contributed by atoms with E-state index >= 15 is 0 Å². The SMILES string of the molecule is CCCc1cnc(C)nc1N1CCC(O)CC(C)(C)C1. The van der Waals surface area contributed by atoms with Crippen LogP contribution in [0.1, 0.15) is 51.4 Å². The van der Waals surface area contributed by atoms with Crippen LogP contribution < -0.4 is 4.90 Å². The number of hydrogen-bond donors (Lipinski definition) is 1. The molecule has 2 heterocycles. The molecular formula is C16H27N3O. The van der Waals surface area contributed by atoms with Crippen molar-refractivity contribution in [2.45, 2.75) is 59.5 Å². The van der Waals surface area contributed by atoms with Crippen LogP contribution in [0.3, 0.4) is 0 Å². The van der Waals surface area contributed by atoms with Gasteiger partial charge < -0.3 is 10.0 Å². The Morgan fingerprint density at radius 1 is 1.45 bits per heavy atom. The number of aromatic nitrogens is 2. The van der Waals surface area contributed by atoms with Crippen molar-refractivity contribution in [1.82, 2.24) is 9.97 Å². The lowest BCUT2D eigenvalue weighted by molar-refractivity contribution is 0.123. The van der Waals surface area contributed by atoms with E-state index < -0.39 is 0 Å². The Hall–Kier alpha value is -1.16. The van der Waals surface area contributed by atoms with Crippen molar-refractivity contribution in [3.8, 4) is 0 Å². The Morgan fingerprint density at radius 3 is 2.90 bits per heavy atom. The van der Waals surface area contributed by atoms with E-state index in [2.05, 4.69) is 35.6 Å². The lowest BCUT2D eigenvalue weighted by atomic mass is 9.87. The second kappa shape index (κ2) is 6.08. The summed E-state index contributed by atoms with van der Waals surface area (Å²) in [6.07, 6.45) is 5.55. The number of aryl methyl sites for hydroxylation is 2. The highest BCUT2D eigenvalue weighted by atomic mass is 16.3. The number of anilines is 1. The second-order valence-electron chi connectivity index (χ2n) is 6.75. The molecule has 1 unspecified atom stereocenters. The van der Waals surface area contributed by atoms with Crippen molar-refractivity contribution >= 4 is 5.82 Å². The van der Waals surface area contributed by atoms with Crippen LogP contribution in [0.5, 0.6) is 0 Å². The highest BCUT2D eigenvalue weighted by Crippen LogP contribution is 2.31. The predicted octanol–water partition coefficient (Wildman–Crippen LogP) is 2.72. The summed E-state index contributed by atoms with van der Waals surface area (Å²) < 4.78 is 0. The van der Waals surface area contributed by atoms with Crippen LogP contribution in [-0.4, -0.2) is 34.3 Å². The van der Waals surface area contributed by atoms with Gasteiger partial charge in [0.2, 0.25) is 0 Å². The fourth-order valence-corrected chi connectivity index (χ4v) is 3.09. The molecule has 1 N–H and O–H groups in total. The molecular weight excluding hydrogens is 250 g/mol. The Balaban J connectivity index is 2.31.